The van der Waals surface area contributed by atoms with Gasteiger partial charge >= 0.3 is 0 Å². The van der Waals surface area contributed by atoms with Crippen LogP contribution in [0.2, 0.25) is 0 Å². The summed E-state index contributed by atoms with van der Waals surface area (Å²) in [6, 6.07) is 15.6. The van der Waals surface area contributed by atoms with Crippen LogP contribution in [0, 0.1) is 5.82 Å². The number of hydrogen-bond acceptors (Lipinski definition) is 3. The highest BCUT2D eigenvalue weighted by molar-refractivity contribution is 5.99. The second-order valence-electron chi connectivity index (χ2n) is 6.51. The van der Waals surface area contributed by atoms with Crippen molar-refractivity contribution in [2.45, 2.75) is 19.4 Å². The number of halogens is 1. The van der Waals surface area contributed by atoms with E-state index in [1.807, 2.05) is 37.3 Å². The van der Waals surface area contributed by atoms with Crippen LogP contribution in [0.15, 0.2) is 71.9 Å². The molecule has 1 aromatic heterocycles. The Morgan fingerprint density at radius 2 is 1.85 bits per heavy atom. The Kier molecular flexibility index (Phi) is 5.50. The average Bonchev–Trinajstić information content (AvgIpc) is 3.17. The van der Waals surface area contributed by atoms with Gasteiger partial charge in [-0.05, 0) is 48.7 Å². The van der Waals surface area contributed by atoms with Crippen molar-refractivity contribution in [3.63, 3.8) is 0 Å². The summed E-state index contributed by atoms with van der Waals surface area (Å²) in [5, 5.41) is 3.76. The van der Waals surface area contributed by atoms with Crippen molar-refractivity contribution in [2.24, 2.45) is 0 Å². The molecule has 1 heterocycles. The van der Waals surface area contributed by atoms with Crippen molar-refractivity contribution >= 4 is 11.5 Å². The van der Waals surface area contributed by atoms with Crippen molar-refractivity contribution in [1.82, 2.24) is 10.1 Å². The molecule has 0 radical (unpaired) electrons. The minimum atomic E-state index is -0.351. The van der Waals surface area contributed by atoms with Crippen molar-refractivity contribution < 1.29 is 13.7 Å². The first-order valence-electron chi connectivity index (χ1n) is 8.68. The SMILES string of the molecule is C=C(CC(C)N(C)C(=O)c1cnoc1-c1ccc(F)cc1)c1ccccc1. The minimum Gasteiger partial charge on any atom is -0.355 e. The zero-order valence-electron chi connectivity index (χ0n) is 15.4. The highest BCUT2D eigenvalue weighted by Gasteiger charge is 2.24. The van der Waals surface area contributed by atoms with E-state index in [0.717, 1.165) is 11.1 Å². The third-order valence-corrected chi connectivity index (χ3v) is 4.61. The predicted octanol–water partition coefficient (Wildman–Crippen LogP) is 5.04. The van der Waals surface area contributed by atoms with E-state index in [-0.39, 0.29) is 17.8 Å². The van der Waals surface area contributed by atoms with Crippen LogP contribution in [0.4, 0.5) is 4.39 Å². The zero-order chi connectivity index (χ0) is 19.4. The first-order valence-corrected chi connectivity index (χ1v) is 8.68. The number of amides is 1. The largest absolute Gasteiger partial charge is 0.355 e. The van der Waals surface area contributed by atoms with Crippen molar-refractivity contribution in [3.05, 3.63) is 84.3 Å². The van der Waals surface area contributed by atoms with E-state index in [4.69, 9.17) is 4.52 Å². The molecule has 4 nitrogen and oxygen atoms in total. The number of benzene rings is 2. The fourth-order valence-corrected chi connectivity index (χ4v) is 2.88. The molecule has 1 unspecified atom stereocenters. The molecule has 0 aliphatic heterocycles. The lowest BCUT2D eigenvalue weighted by atomic mass is 10.00. The van der Waals surface area contributed by atoms with E-state index < -0.39 is 0 Å². The lowest BCUT2D eigenvalue weighted by molar-refractivity contribution is 0.0747. The van der Waals surface area contributed by atoms with Crippen LogP contribution in [0.5, 0.6) is 0 Å². The smallest absolute Gasteiger partial charge is 0.259 e. The van der Waals surface area contributed by atoms with Gasteiger partial charge in [0.2, 0.25) is 0 Å². The topological polar surface area (TPSA) is 46.3 Å². The third-order valence-electron chi connectivity index (χ3n) is 4.61. The number of nitrogens with zero attached hydrogens (tertiary/aromatic N) is 2. The third kappa shape index (κ3) is 4.14. The van der Waals surface area contributed by atoms with Crippen LogP contribution in [-0.2, 0) is 0 Å². The molecule has 0 bridgehead atoms. The van der Waals surface area contributed by atoms with E-state index in [9.17, 15) is 9.18 Å². The van der Waals surface area contributed by atoms with E-state index in [0.29, 0.717) is 23.3 Å². The molecule has 0 N–H and O–H groups in total. The van der Waals surface area contributed by atoms with Gasteiger partial charge in [0.25, 0.3) is 5.91 Å². The molecule has 3 aromatic rings. The van der Waals surface area contributed by atoms with Gasteiger partial charge in [-0.15, -0.1) is 0 Å². The van der Waals surface area contributed by atoms with Crippen LogP contribution >= 0.6 is 0 Å². The Morgan fingerprint density at radius 3 is 2.52 bits per heavy atom. The van der Waals surface area contributed by atoms with Crippen LogP contribution < -0.4 is 0 Å². The van der Waals surface area contributed by atoms with Crippen LogP contribution in [0.25, 0.3) is 16.9 Å². The summed E-state index contributed by atoms with van der Waals surface area (Å²) in [4.78, 5) is 14.6. The highest BCUT2D eigenvalue weighted by Crippen LogP contribution is 2.26. The summed E-state index contributed by atoms with van der Waals surface area (Å²) in [6.07, 6.45) is 2.04. The summed E-state index contributed by atoms with van der Waals surface area (Å²) in [6.45, 7) is 6.11. The molecule has 0 spiro atoms. The van der Waals surface area contributed by atoms with E-state index >= 15 is 0 Å². The summed E-state index contributed by atoms with van der Waals surface area (Å²) in [7, 11) is 1.74. The summed E-state index contributed by atoms with van der Waals surface area (Å²) < 4.78 is 18.4. The van der Waals surface area contributed by atoms with Gasteiger partial charge in [-0.1, -0.05) is 42.1 Å². The molecular formula is C22H21FN2O2. The quantitative estimate of drug-likeness (QED) is 0.615. The lowest BCUT2D eigenvalue weighted by Crippen LogP contribution is -2.35. The summed E-state index contributed by atoms with van der Waals surface area (Å²) >= 11 is 0. The predicted molar refractivity (Wildman–Crippen MR) is 104 cm³/mol. The Hall–Kier alpha value is -3.21. The van der Waals surface area contributed by atoms with Gasteiger partial charge in [0.05, 0.1) is 6.20 Å². The van der Waals surface area contributed by atoms with Crippen molar-refractivity contribution in [3.8, 4) is 11.3 Å². The molecule has 3 rings (SSSR count). The second-order valence-corrected chi connectivity index (χ2v) is 6.51. The molecule has 0 aliphatic carbocycles. The molecule has 2 aromatic carbocycles. The van der Waals surface area contributed by atoms with Crippen LogP contribution in [-0.4, -0.2) is 29.1 Å². The van der Waals surface area contributed by atoms with Gasteiger partial charge in [0, 0.05) is 18.7 Å². The average molecular weight is 364 g/mol. The minimum absolute atomic E-state index is 0.0684. The van der Waals surface area contributed by atoms with Gasteiger partial charge < -0.3 is 9.42 Å². The highest BCUT2D eigenvalue weighted by atomic mass is 19.1. The van der Waals surface area contributed by atoms with Gasteiger partial charge in [-0.2, -0.15) is 0 Å². The number of aromatic nitrogens is 1. The van der Waals surface area contributed by atoms with E-state index in [2.05, 4.69) is 11.7 Å². The van der Waals surface area contributed by atoms with Crippen LogP contribution in [0.3, 0.4) is 0 Å². The number of rotatable bonds is 6. The molecular weight excluding hydrogens is 343 g/mol. The first kappa shape index (κ1) is 18.6. The Labute approximate surface area is 157 Å². The van der Waals surface area contributed by atoms with Crippen LogP contribution in [0.1, 0.15) is 29.3 Å². The molecule has 138 valence electrons. The molecule has 1 atom stereocenters. The number of carbonyl (C=O) groups excluding carboxylic acids is 1. The normalized spacial score (nSPS) is 11.8. The van der Waals surface area contributed by atoms with E-state index in [1.54, 1.807) is 24.1 Å². The molecule has 0 saturated heterocycles. The van der Waals surface area contributed by atoms with Crippen molar-refractivity contribution in [1.29, 1.82) is 0 Å². The van der Waals surface area contributed by atoms with Gasteiger partial charge in [0.15, 0.2) is 5.76 Å². The molecule has 0 aliphatic rings. The molecule has 1 amide bonds. The van der Waals surface area contributed by atoms with E-state index in [1.165, 1.54) is 18.3 Å². The monoisotopic (exact) mass is 364 g/mol. The fraction of sp³-hybridized carbons (Fsp3) is 0.182. The Balaban J connectivity index is 1.75. The molecule has 27 heavy (non-hydrogen) atoms. The summed E-state index contributed by atoms with van der Waals surface area (Å²) in [5.74, 6) is -0.221. The van der Waals surface area contributed by atoms with Gasteiger partial charge in [-0.25, -0.2) is 4.39 Å². The molecule has 0 fully saturated rings. The van der Waals surface area contributed by atoms with Gasteiger partial charge in [0.1, 0.15) is 11.4 Å². The maximum absolute atomic E-state index is 13.2. The molecule has 5 heteroatoms. The van der Waals surface area contributed by atoms with Gasteiger partial charge in [-0.3, -0.25) is 4.79 Å². The lowest BCUT2D eigenvalue weighted by Gasteiger charge is -2.25. The Bertz CT molecular complexity index is 932. The molecule has 0 saturated carbocycles. The second kappa shape index (κ2) is 7.99. The number of hydrogen-bond donors (Lipinski definition) is 0. The fourth-order valence-electron chi connectivity index (χ4n) is 2.88. The maximum atomic E-state index is 13.2. The number of carbonyl (C=O) groups is 1. The summed E-state index contributed by atoms with van der Waals surface area (Å²) in [5.41, 5.74) is 2.97. The first-order chi connectivity index (χ1) is 13.0. The van der Waals surface area contributed by atoms with Crippen molar-refractivity contribution in [2.75, 3.05) is 7.05 Å². The standard InChI is InChI=1S/C22H21FN2O2/c1-15(17-7-5-4-6-8-17)13-16(2)25(3)22(26)20-14-24-27-21(20)18-9-11-19(23)12-10-18/h4-12,14,16H,1,13H2,2-3H3. The zero-order valence-corrected chi connectivity index (χ0v) is 15.4. The maximum Gasteiger partial charge on any atom is 0.259 e. The Morgan fingerprint density at radius 1 is 1.19 bits per heavy atom.